The van der Waals surface area contributed by atoms with E-state index >= 15 is 0 Å². The Kier molecular flexibility index (Phi) is 4.86. The highest BCUT2D eigenvalue weighted by molar-refractivity contribution is 6.00. The Bertz CT molecular complexity index is 793. The summed E-state index contributed by atoms with van der Waals surface area (Å²) < 4.78 is 2.24. The van der Waals surface area contributed by atoms with Crippen molar-refractivity contribution in [2.75, 3.05) is 6.54 Å². The van der Waals surface area contributed by atoms with Crippen molar-refractivity contribution in [3.05, 3.63) is 30.4 Å². The highest BCUT2D eigenvalue weighted by atomic mass is 15.1. The molecular formula is C18H25N5. The summed E-state index contributed by atoms with van der Waals surface area (Å²) in [4.78, 5) is 14.1. The fourth-order valence-electron chi connectivity index (χ4n) is 3.10. The average Bonchev–Trinajstić information content (AvgIpc) is 2.99. The normalized spacial score (nSPS) is 13.0. The van der Waals surface area contributed by atoms with E-state index in [-0.39, 0.29) is 0 Å². The molecule has 0 aromatic carbocycles. The van der Waals surface area contributed by atoms with Crippen molar-refractivity contribution >= 4 is 22.1 Å². The molecule has 1 atom stereocenters. The van der Waals surface area contributed by atoms with E-state index in [0.717, 1.165) is 47.1 Å². The number of hydrogen-bond acceptors (Lipinski definition) is 4. The first kappa shape index (κ1) is 15.9. The van der Waals surface area contributed by atoms with Crippen LogP contribution in [0.4, 0.5) is 0 Å². The maximum absolute atomic E-state index is 5.74. The third kappa shape index (κ3) is 3.06. The zero-order valence-corrected chi connectivity index (χ0v) is 14.0. The molecular weight excluding hydrogens is 286 g/mol. The fraction of sp³-hybridized carbons (Fsp3) is 0.500. The minimum absolute atomic E-state index is 0.297. The van der Waals surface area contributed by atoms with Crippen LogP contribution in [0.3, 0.4) is 0 Å². The van der Waals surface area contributed by atoms with Gasteiger partial charge in [-0.25, -0.2) is 9.97 Å². The predicted molar refractivity (Wildman–Crippen MR) is 94.4 cm³/mol. The molecule has 0 aliphatic heterocycles. The van der Waals surface area contributed by atoms with Crippen molar-refractivity contribution < 1.29 is 0 Å². The van der Waals surface area contributed by atoms with Crippen molar-refractivity contribution in [1.82, 2.24) is 19.5 Å². The Labute approximate surface area is 136 Å². The first-order valence-corrected chi connectivity index (χ1v) is 8.55. The molecule has 3 aromatic rings. The van der Waals surface area contributed by atoms with Crippen molar-refractivity contribution in [1.29, 1.82) is 0 Å². The molecule has 122 valence electrons. The summed E-state index contributed by atoms with van der Waals surface area (Å²) >= 11 is 0. The van der Waals surface area contributed by atoms with Gasteiger partial charge in [0.2, 0.25) is 0 Å². The highest BCUT2D eigenvalue weighted by Crippen LogP contribution is 2.29. The van der Waals surface area contributed by atoms with Crippen molar-refractivity contribution in [2.24, 2.45) is 5.73 Å². The second kappa shape index (κ2) is 7.04. The van der Waals surface area contributed by atoms with E-state index in [2.05, 4.69) is 28.4 Å². The van der Waals surface area contributed by atoms with Crippen LogP contribution in [-0.2, 0) is 6.54 Å². The van der Waals surface area contributed by atoms with Gasteiger partial charge in [0.1, 0.15) is 11.0 Å². The highest BCUT2D eigenvalue weighted by Gasteiger charge is 2.18. The molecule has 0 radical (unpaired) electrons. The zero-order valence-electron chi connectivity index (χ0n) is 14.0. The summed E-state index contributed by atoms with van der Waals surface area (Å²) in [7, 11) is 0. The maximum Gasteiger partial charge on any atom is 0.115 e. The fourth-order valence-corrected chi connectivity index (χ4v) is 3.10. The summed E-state index contributed by atoms with van der Waals surface area (Å²) in [6, 6.07) is 3.97. The minimum Gasteiger partial charge on any atom is -0.330 e. The Balaban J connectivity index is 2.16. The van der Waals surface area contributed by atoms with Gasteiger partial charge in [0.05, 0.1) is 23.1 Å². The van der Waals surface area contributed by atoms with Crippen molar-refractivity contribution in [3.8, 4) is 0 Å². The third-order valence-corrected chi connectivity index (χ3v) is 4.40. The van der Waals surface area contributed by atoms with Crippen LogP contribution in [0.2, 0.25) is 0 Å². The van der Waals surface area contributed by atoms with Gasteiger partial charge in [0.15, 0.2) is 0 Å². The van der Waals surface area contributed by atoms with Crippen LogP contribution in [0.5, 0.6) is 0 Å². The molecule has 0 saturated carbocycles. The molecule has 0 amide bonds. The molecule has 0 spiro atoms. The second-order valence-corrected chi connectivity index (χ2v) is 6.19. The Hall–Kier alpha value is -2.01. The van der Waals surface area contributed by atoms with Gasteiger partial charge in [0, 0.05) is 18.7 Å². The first-order chi connectivity index (χ1) is 11.3. The SMILES string of the molecule is CCCCCn1cnc2c(C(C)CCN)nc3cccnc3c21. The van der Waals surface area contributed by atoms with E-state index in [9.17, 15) is 0 Å². The van der Waals surface area contributed by atoms with Gasteiger partial charge >= 0.3 is 0 Å². The van der Waals surface area contributed by atoms with E-state index in [4.69, 9.17) is 10.7 Å². The molecule has 23 heavy (non-hydrogen) atoms. The summed E-state index contributed by atoms with van der Waals surface area (Å²) in [5, 5.41) is 0. The number of nitrogens with zero attached hydrogens (tertiary/aromatic N) is 4. The second-order valence-electron chi connectivity index (χ2n) is 6.19. The van der Waals surface area contributed by atoms with Gasteiger partial charge in [-0.3, -0.25) is 4.98 Å². The lowest BCUT2D eigenvalue weighted by Gasteiger charge is -2.13. The van der Waals surface area contributed by atoms with Crippen LogP contribution < -0.4 is 5.73 Å². The van der Waals surface area contributed by atoms with Gasteiger partial charge in [-0.05, 0) is 31.5 Å². The molecule has 3 rings (SSSR count). The molecule has 3 aromatic heterocycles. The molecule has 2 N–H and O–H groups in total. The van der Waals surface area contributed by atoms with Crippen molar-refractivity contribution in [2.45, 2.75) is 52.0 Å². The monoisotopic (exact) mass is 311 g/mol. The van der Waals surface area contributed by atoms with Crippen LogP contribution >= 0.6 is 0 Å². The Morgan fingerprint density at radius 3 is 2.87 bits per heavy atom. The zero-order chi connectivity index (χ0) is 16.2. The number of fused-ring (bicyclic) bond motifs is 3. The quantitative estimate of drug-likeness (QED) is 0.677. The van der Waals surface area contributed by atoms with Gasteiger partial charge < -0.3 is 10.3 Å². The van der Waals surface area contributed by atoms with E-state index in [1.54, 1.807) is 0 Å². The van der Waals surface area contributed by atoms with Gasteiger partial charge in [0.25, 0.3) is 0 Å². The van der Waals surface area contributed by atoms with E-state index < -0.39 is 0 Å². The molecule has 0 fully saturated rings. The summed E-state index contributed by atoms with van der Waals surface area (Å²) in [6.45, 7) is 6.03. The number of rotatable bonds is 7. The first-order valence-electron chi connectivity index (χ1n) is 8.55. The standard InChI is InChI=1S/C18H25N5/c1-3-4-5-11-23-12-21-17-15(13(2)8-9-19)22-14-7-6-10-20-16(14)18(17)23/h6-7,10,12-13H,3-5,8-9,11,19H2,1-2H3. The van der Waals surface area contributed by atoms with Gasteiger partial charge in [-0.15, -0.1) is 0 Å². The predicted octanol–water partition coefficient (Wildman–Crippen LogP) is 3.62. The number of imidazole rings is 1. The molecule has 1 unspecified atom stereocenters. The van der Waals surface area contributed by atoms with E-state index in [1.165, 1.54) is 12.8 Å². The number of aromatic nitrogens is 4. The molecule has 5 heteroatoms. The summed E-state index contributed by atoms with van der Waals surface area (Å²) in [5.41, 5.74) is 10.8. The third-order valence-electron chi connectivity index (χ3n) is 4.40. The molecule has 0 bridgehead atoms. The van der Waals surface area contributed by atoms with Crippen LogP contribution in [0.25, 0.3) is 22.1 Å². The van der Waals surface area contributed by atoms with Crippen molar-refractivity contribution in [3.63, 3.8) is 0 Å². The Morgan fingerprint density at radius 2 is 2.09 bits per heavy atom. The summed E-state index contributed by atoms with van der Waals surface area (Å²) in [5.74, 6) is 0.297. The van der Waals surface area contributed by atoms with Crippen LogP contribution in [0.1, 0.15) is 51.1 Å². The summed E-state index contributed by atoms with van der Waals surface area (Å²) in [6.07, 6.45) is 8.28. The number of unbranched alkanes of at least 4 members (excludes halogenated alkanes) is 2. The van der Waals surface area contributed by atoms with Crippen LogP contribution in [0.15, 0.2) is 24.7 Å². The molecule has 0 aliphatic rings. The molecule has 3 heterocycles. The Morgan fingerprint density at radius 1 is 1.22 bits per heavy atom. The van der Waals surface area contributed by atoms with Crippen LogP contribution in [-0.4, -0.2) is 26.1 Å². The van der Waals surface area contributed by atoms with E-state index in [0.29, 0.717) is 12.5 Å². The topological polar surface area (TPSA) is 69.6 Å². The van der Waals surface area contributed by atoms with Crippen LogP contribution in [0, 0.1) is 0 Å². The molecule has 0 aliphatic carbocycles. The minimum atomic E-state index is 0.297. The van der Waals surface area contributed by atoms with Gasteiger partial charge in [-0.2, -0.15) is 0 Å². The molecule has 0 saturated heterocycles. The lowest BCUT2D eigenvalue weighted by atomic mass is 10.0. The molecule has 5 nitrogen and oxygen atoms in total. The lowest BCUT2D eigenvalue weighted by Crippen LogP contribution is -2.07. The number of nitrogens with two attached hydrogens (primary N) is 1. The van der Waals surface area contributed by atoms with E-state index in [1.807, 2.05) is 24.7 Å². The largest absolute Gasteiger partial charge is 0.330 e. The maximum atomic E-state index is 5.74. The average molecular weight is 311 g/mol. The number of hydrogen-bond donors (Lipinski definition) is 1. The lowest BCUT2D eigenvalue weighted by molar-refractivity contribution is 0.613. The number of pyridine rings is 2. The smallest absolute Gasteiger partial charge is 0.115 e. The number of aryl methyl sites for hydroxylation is 1. The van der Waals surface area contributed by atoms with Gasteiger partial charge in [-0.1, -0.05) is 26.7 Å².